The molecule has 0 unspecified atom stereocenters. The van der Waals surface area contributed by atoms with Crippen molar-refractivity contribution in [1.29, 1.82) is 0 Å². The van der Waals surface area contributed by atoms with Gasteiger partial charge in [0.2, 0.25) is 0 Å². The Balaban J connectivity index is 2.05. The minimum Gasteiger partial charge on any atom is -0.340 e. The van der Waals surface area contributed by atoms with Crippen LogP contribution in [0.1, 0.15) is 31.5 Å². The summed E-state index contributed by atoms with van der Waals surface area (Å²) in [7, 11) is 0. The van der Waals surface area contributed by atoms with Crippen molar-refractivity contribution in [3.05, 3.63) is 72.8 Å². The Labute approximate surface area is 169 Å². The van der Waals surface area contributed by atoms with E-state index in [1.165, 1.54) is 16.4 Å². The predicted octanol–water partition coefficient (Wildman–Crippen LogP) is 6.92. The first kappa shape index (κ1) is 17.7. The van der Waals surface area contributed by atoms with Gasteiger partial charge in [0.25, 0.3) is 5.91 Å². The zero-order valence-corrected chi connectivity index (χ0v) is 16.9. The van der Waals surface area contributed by atoms with E-state index in [1.54, 1.807) is 6.92 Å². The summed E-state index contributed by atoms with van der Waals surface area (Å²) in [4.78, 5) is 13.2. The average Bonchev–Trinajstić information content (AvgIpc) is 3.24. The molecule has 5 rings (SSSR count). The van der Waals surface area contributed by atoms with Crippen LogP contribution < -0.4 is 0 Å². The summed E-state index contributed by atoms with van der Waals surface area (Å²) in [5, 5.41) is 4.56. The van der Waals surface area contributed by atoms with Crippen molar-refractivity contribution < 1.29 is 4.79 Å². The molecule has 0 saturated heterocycles. The number of fused-ring (bicyclic) bond motifs is 7. The molecule has 0 aliphatic rings. The number of para-hydroxylation sites is 2. The van der Waals surface area contributed by atoms with Crippen LogP contribution in [0.4, 0.5) is 0 Å². The van der Waals surface area contributed by atoms with Crippen LogP contribution in [0.25, 0.3) is 43.6 Å². The fourth-order valence-electron chi connectivity index (χ4n) is 4.55. The zero-order chi connectivity index (χ0) is 20.1. The van der Waals surface area contributed by atoms with E-state index in [0.29, 0.717) is 5.57 Å². The number of carbonyl (C=O) groups excluding carboxylic acids is 1. The second-order valence-electron chi connectivity index (χ2n) is 7.82. The lowest BCUT2D eigenvalue weighted by Crippen LogP contribution is -2.10. The maximum Gasteiger partial charge on any atom is 0.257 e. The molecule has 5 aromatic rings. The third-order valence-electron chi connectivity index (χ3n) is 5.87. The number of carbonyl (C=O) groups is 1. The molecule has 2 heterocycles. The van der Waals surface area contributed by atoms with Crippen LogP contribution >= 0.6 is 0 Å². The first-order chi connectivity index (χ1) is 14.1. The Morgan fingerprint density at radius 1 is 0.862 bits per heavy atom. The Hall–Kier alpha value is -3.33. The molecule has 0 saturated carbocycles. The first-order valence-corrected chi connectivity index (χ1v) is 10.3. The number of hydrogen-bond donors (Lipinski definition) is 0. The number of aryl methyl sites for hydroxylation is 1. The van der Waals surface area contributed by atoms with Crippen LogP contribution in [0.5, 0.6) is 0 Å². The normalized spacial score (nSPS) is 11.8. The van der Waals surface area contributed by atoms with Gasteiger partial charge in [0.15, 0.2) is 0 Å². The van der Waals surface area contributed by atoms with Crippen molar-refractivity contribution in [3.63, 3.8) is 0 Å². The largest absolute Gasteiger partial charge is 0.340 e. The summed E-state index contributed by atoms with van der Waals surface area (Å²) in [5.74, 6) is -0.0471. The summed E-state index contributed by atoms with van der Waals surface area (Å²) >= 11 is 0. The van der Waals surface area contributed by atoms with Crippen LogP contribution in [0, 0.1) is 0 Å². The number of rotatable bonds is 4. The molecule has 3 nitrogen and oxygen atoms in total. The van der Waals surface area contributed by atoms with Crippen molar-refractivity contribution in [1.82, 2.24) is 9.13 Å². The van der Waals surface area contributed by atoms with Gasteiger partial charge in [-0.25, -0.2) is 0 Å². The van der Waals surface area contributed by atoms with Crippen molar-refractivity contribution in [3.8, 4) is 0 Å². The maximum atomic E-state index is 13.2. The Kier molecular flexibility index (Phi) is 4.06. The van der Waals surface area contributed by atoms with Gasteiger partial charge in [-0.2, -0.15) is 0 Å². The van der Waals surface area contributed by atoms with E-state index in [-0.39, 0.29) is 5.91 Å². The SMILES string of the molecule is C=C(C)C(=O)n1c2ccccc2c2ccc3c(c4ccccc4n3CCCC)c21. The van der Waals surface area contributed by atoms with Crippen LogP contribution in [0.2, 0.25) is 0 Å². The number of aromatic nitrogens is 2. The van der Waals surface area contributed by atoms with Gasteiger partial charge in [-0.15, -0.1) is 0 Å². The molecule has 0 spiro atoms. The van der Waals surface area contributed by atoms with Crippen LogP contribution in [-0.4, -0.2) is 15.0 Å². The topological polar surface area (TPSA) is 26.9 Å². The predicted molar refractivity (Wildman–Crippen MR) is 123 cm³/mol. The lowest BCUT2D eigenvalue weighted by Gasteiger charge is -2.08. The average molecular weight is 380 g/mol. The van der Waals surface area contributed by atoms with Gasteiger partial charge in [-0.1, -0.05) is 62.4 Å². The fraction of sp³-hybridized carbons (Fsp3) is 0.192. The number of hydrogen-bond acceptors (Lipinski definition) is 1. The molecule has 3 heteroatoms. The molecule has 0 aliphatic heterocycles. The standard InChI is InChI=1S/C26H24N2O/c1-4-5-16-27-21-12-8-7-11-20(21)24-23(27)15-14-19-18-10-6-9-13-22(18)28(25(19)24)26(29)17(2)3/h6-15H,2,4-5,16H2,1,3H3. The molecule has 0 fully saturated rings. The molecule has 0 bridgehead atoms. The lowest BCUT2D eigenvalue weighted by atomic mass is 10.1. The number of allylic oxidation sites excluding steroid dienone is 1. The molecular formula is C26H24N2O. The van der Waals surface area contributed by atoms with E-state index >= 15 is 0 Å². The second kappa shape index (κ2) is 6.63. The van der Waals surface area contributed by atoms with Crippen LogP contribution in [-0.2, 0) is 6.54 Å². The van der Waals surface area contributed by atoms with Crippen molar-refractivity contribution in [2.24, 2.45) is 0 Å². The van der Waals surface area contributed by atoms with Crippen molar-refractivity contribution in [2.75, 3.05) is 0 Å². The summed E-state index contributed by atoms with van der Waals surface area (Å²) in [5.41, 5.74) is 4.88. The van der Waals surface area contributed by atoms with Crippen LogP contribution in [0.15, 0.2) is 72.8 Å². The summed E-state index contributed by atoms with van der Waals surface area (Å²) in [6.07, 6.45) is 2.27. The van der Waals surface area contributed by atoms with E-state index in [2.05, 4.69) is 60.5 Å². The third kappa shape index (κ3) is 2.47. The summed E-state index contributed by atoms with van der Waals surface area (Å²) in [6.45, 7) is 8.91. The smallest absolute Gasteiger partial charge is 0.257 e. The number of benzene rings is 3. The fourth-order valence-corrected chi connectivity index (χ4v) is 4.55. The van der Waals surface area contributed by atoms with E-state index in [1.807, 2.05) is 22.8 Å². The number of unbranched alkanes of at least 4 members (excludes halogenated alkanes) is 1. The Bertz CT molecular complexity index is 1430. The summed E-state index contributed by atoms with van der Waals surface area (Å²) < 4.78 is 4.27. The highest BCUT2D eigenvalue weighted by Gasteiger charge is 2.21. The highest BCUT2D eigenvalue weighted by atomic mass is 16.2. The minimum absolute atomic E-state index is 0.0471. The molecule has 0 aliphatic carbocycles. The molecule has 0 N–H and O–H groups in total. The first-order valence-electron chi connectivity index (χ1n) is 10.3. The lowest BCUT2D eigenvalue weighted by molar-refractivity contribution is 0.0965. The second-order valence-corrected chi connectivity index (χ2v) is 7.82. The van der Waals surface area contributed by atoms with Crippen molar-refractivity contribution >= 4 is 49.5 Å². The van der Waals surface area contributed by atoms with E-state index in [0.717, 1.165) is 46.6 Å². The highest BCUT2D eigenvalue weighted by Crippen LogP contribution is 2.39. The van der Waals surface area contributed by atoms with Gasteiger partial charge in [0.1, 0.15) is 0 Å². The van der Waals surface area contributed by atoms with Gasteiger partial charge < -0.3 is 4.57 Å². The molecule has 3 aromatic carbocycles. The van der Waals surface area contributed by atoms with Gasteiger partial charge in [-0.05, 0) is 31.5 Å². The molecule has 0 atom stereocenters. The molecule has 2 aromatic heterocycles. The molecule has 0 radical (unpaired) electrons. The molecule has 144 valence electrons. The molecular weight excluding hydrogens is 356 g/mol. The highest BCUT2D eigenvalue weighted by molar-refractivity contribution is 6.28. The quantitative estimate of drug-likeness (QED) is 0.311. The van der Waals surface area contributed by atoms with Gasteiger partial charge >= 0.3 is 0 Å². The number of nitrogens with zero attached hydrogens (tertiary/aromatic N) is 2. The van der Waals surface area contributed by atoms with E-state index < -0.39 is 0 Å². The molecule has 29 heavy (non-hydrogen) atoms. The van der Waals surface area contributed by atoms with E-state index in [4.69, 9.17) is 0 Å². The van der Waals surface area contributed by atoms with Crippen molar-refractivity contribution in [2.45, 2.75) is 33.2 Å². The van der Waals surface area contributed by atoms with Gasteiger partial charge in [0, 0.05) is 39.2 Å². The minimum atomic E-state index is -0.0471. The summed E-state index contributed by atoms with van der Waals surface area (Å²) in [6, 6.07) is 21.1. The third-order valence-corrected chi connectivity index (χ3v) is 5.87. The van der Waals surface area contributed by atoms with E-state index in [9.17, 15) is 4.79 Å². The van der Waals surface area contributed by atoms with Crippen LogP contribution in [0.3, 0.4) is 0 Å². The monoisotopic (exact) mass is 380 g/mol. The molecule has 0 amide bonds. The zero-order valence-electron chi connectivity index (χ0n) is 16.9. The van der Waals surface area contributed by atoms with Gasteiger partial charge in [-0.3, -0.25) is 9.36 Å². The Morgan fingerprint density at radius 2 is 1.55 bits per heavy atom. The van der Waals surface area contributed by atoms with Gasteiger partial charge in [0.05, 0.1) is 16.6 Å². The Morgan fingerprint density at radius 3 is 2.28 bits per heavy atom. The maximum absolute atomic E-state index is 13.2.